The molecule has 0 amide bonds. The summed E-state index contributed by atoms with van der Waals surface area (Å²) in [5, 5.41) is 4.22. The van der Waals surface area contributed by atoms with Gasteiger partial charge in [-0.15, -0.1) is 0 Å². The second kappa shape index (κ2) is 7.80. The van der Waals surface area contributed by atoms with E-state index in [4.69, 9.17) is 16.3 Å². The van der Waals surface area contributed by atoms with Gasteiger partial charge in [0.2, 0.25) is 0 Å². The Morgan fingerprint density at radius 3 is 2.39 bits per heavy atom. The summed E-state index contributed by atoms with van der Waals surface area (Å²) in [5.41, 5.74) is 0.731. The first-order valence-electron chi connectivity index (χ1n) is 6.65. The van der Waals surface area contributed by atoms with Crippen LogP contribution in [-0.2, 0) is 10.0 Å². The lowest BCUT2D eigenvalue weighted by Crippen LogP contribution is -2.18. The molecule has 0 aliphatic carbocycles. The zero-order valence-electron chi connectivity index (χ0n) is 12.1. The molecule has 0 spiro atoms. The second-order valence-electron chi connectivity index (χ2n) is 4.48. The van der Waals surface area contributed by atoms with Crippen LogP contribution in [0.15, 0.2) is 71.2 Å². The minimum atomic E-state index is -3.71. The van der Waals surface area contributed by atoms with E-state index in [1.807, 2.05) is 0 Å². The second-order valence-corrected chi connectivity index (χ2v) is 6.57. The lowest BCUT2D eigenvalue weighted by molar-refractivity contribution is 0.363. The van der Waals surface area contributed by atoms with Crippen LogP contribution >= 0.6 is 11.6 Å². The zero-order chi connectivity index (χ0) is 16.7. The maximum atomic E-state index is 12.0. The number of ether oxygens (including phenoxy) is 1. The van der Waals surface area contributed by atoms with Crippen molar-refractivity contribution in [1.29, 1.82) is 0 Å². The monoisotopic (exact) mass is 350 g/mol. The van der Waals surface area contributed by atoms with Crippen LogP contribution in [0.4, 0.5) is 0 Å². The Hall–Kier alpha value is -2.31. The van der Waals surface area contributed by atoms with Crippen molar-refractivity contribution < 1.29 is 13.2 Å². The van der Waals surface area contributed by atoms with Gasteiger partial charge < -0.3 is 4.74 Å². The molecule has 2 aromatic rings. The molecule has 120 valence electrons. The molecule has 7 heteroatoms. The first kappa shape index (κ1) is 17.1. The van der Waals surface area contributed by atoms with Crippen LogP contribution in [0.3, 0.4) is 0 Å². The Kier molecular flexibility index (Phi) is 5.78. The number of hydrogen-bond donors (Lipinski definition) is 1. The Labute approximate surface area is 140 Å². The van der Waals surface area contributed by atoms with Gasteiger partial charge in [0.25, 0.3) is 10.0 Å². The molecule has 0 fully saturated rings. The molecule has 5 nitrogen and oxygen atoms in total. The molecule has 0 radical (unpaired) electrons. The summed E-state index contributed by atoms with van der Waals surface area (Å²) >= 11 is 5.73. The maximum Gasteiger partial charge on any atom is 0.276 e. The Bertz CT molecular complexity index is 785. The highest BCUT2D eigenvalue weighted by Crippen LogP contribution is 2.14. The van der Waals surface area contributed by atoms with Crippen LogP contribution in [0.1, 0.15) is 5.56 Å². The first-order chi connectivity index (χ1) is 11.0. The topological polar surface area (TPSA) is 67.8 Å². The van der Waals surface area contributed by atoms with E-state index in [9.17, 15) is 8.42 Å². The van der Waals surface area contributed by atoms with Gasteiger partial charge in [0.1, 0.15) is 12.4 Å². The van der Waals surface area contributed by atoms with Gasteiger partial charge in [-0.1, -0.05) is 24.3 Å². The van der Waals surface area contributed by atoms with Gasteiger partial charge in [-0.3, -0.25) is 0 Å². The number of hydrogen-bond acceptors (Lipinski definition) is 4. The Morgan fingerprint density at radius 2 is 1.78 bits per heavy atom. The molecule has 23 heavy (non-hydrogen) atoms. The van der Waals surface area contributed by atoms with Gasteiger partial charge in [-0.25, -0.2) is 4.83 Å². The normalized spacial score (nSPS) is 11.3. The SMILES string of the molecule is C=CCOc1ccc(C=NNS(=O)(=O)c2ccc(Cl)cc2)cc1. The van der Waals surface area contributed by atoms with Crippen molar-refractivity contribution in [2.45, 2.75) is 4.90 Å². The molecule has 0 saturated heterocycles. The Morgan fingerprint density at radius 1 is 1.13 bits per heavy atom. The number of benzene rings is 2. The van der Waals surface area contributed by atoms with E-state index in [0.717, 1.165) is 5.56 Å². The van der Waals surface area contributed by atoms with Crippen molar-refractivity contribution >= 4 is 27.8 Å². The van der Waals surface area contributed by atoms with E-state index in [-0.39, 0.29) is 4.90 Å². The van der Waals surface area contributed by atoms with Crippen LogP contribution in [0.5, 0.6) is 5.75 Å². The number of hydrazone groups is 1. The van der Waals surface area contributed by atoms with Crippen molar-refractivity contribution in [3.63, 3.8) is 0 Å². The molecular weight excluding hydrogens is 336 g/mol. The fourth-order valence-corrected chi connectivity index (χ4v) is 2.56. The lowest BCUT2D eigenvalue weighted by Gasteiger charge is -2.04. The summed E-state index contributed by atoms with van der Waals surface area (Å²) in [4.78, 5) is 2.24. The largest absolute Gasteiger partial charge is 0.490 e. The number of halogens is 1. The van der Waals surface area contributed by atoms with Gasteiger partial charge in [0.15, 0.2) is 0 Å². The summed E-state index contributed by atoms with van der Waals surface area (Å²) in [6.45, 7) is 3.99. The van der Waals surface area contributed by atoms with Crippen LogP contribution in [0.25, 0.3) is 0 Å². The Balaban J connectivity index is 2.00. The fraction of sp³-hybridized carbons (Fsp3) is 0.0625. The average molecular weight is 351 g/mol. The zero-order valence-corrected chi connectivity index (χ0v) is 13.7. The summed E-state index contributed by atoms with van der Waals surface area (Å²) in [6.07, 6.45) is 3.06. The molecule has 0 heterocycles. The maximum absolute atomic E-state index is 12.0. The van der Waals surface area contributed by atoms with Crippen LogP contribution in [0.2, 0.25) is 5.02 Å². The quantitative estimate of drug-likeness (QED) is 0.473. The highest BCUT2D eigenvalue weighted by molar-refractivity contribution is 7.89. The van der Waals surface area contributed by atoms with Crippen molar-refractivity contribution in [3.05, 3.63) is 71.8 Å². The summed E-state index contributed by atoms with van der Waals surface area (Å²) < 4.78 is 29.4. The van der Waals surface area contributed by atoms with Crippen molar-refractivity contribution in [3.8, 4) is 5.75 Å². The molecular formula is C16H15ClN2O3S. The van der Waals surface area contributed by atoms with E-state index in [1.165, 1.54) is 30.5 Å². The molecule has 0 unspecified atom stereocenters. The average Bonchev–Trinajstić information content (AvgIpc) is 2.54. The smallest absolute Gasteiger partial charge is 0.276 e. The van der Waals surface area contributed by atoms with Crippen LogP contribution in [0, 0.1) is 0 Å². The molecule has 0 aliphatic rings. The highest BCUT2D eigenvalue weighted by Gasteiger charge is 2.11. The molecule has 0 atom stereocenters. The summed E-state index contributed by atoms with van der Waals surface area (Å²) in [5.74, 6) is 0.698. The third-order valence-electron chi connectivity index (χ3n) is 2.76. The van der Waals surface area contributed by atoms with Gasteiger partial charge in [-0.2, -0.15) is 13.5 Å². The molecule has 2 rings (SSSR count). The number of sulfonamides is 1. The van der Waals surface area contributed by atoms with Gasteiger partial charge in [-0.05, 0) is 54.1 Å². The third kappa shape index (κ3) is 5.12. The van der Waals surface area contributed by atoms with E-state index in [1.54, 1.807) is 30.3 Å². The fourth-order valence-electron chi connectivity index (χ4n) is 1.64. The number of nitrogens with zero attached hydrogens (tertiary/aromatic N) is 1. The van der Waals surface area contributed by atoms with Crippen molar-refractivity contribution in [2.75, 3.05) is 6.61 Å². The highest BCUT2D eigenvalue weighted by atomic mass is 35.5. The lowest BCUT2D eigenvalue weighted by atomic mass is 10.2. The van der Waals surface area contributed by atoms with Crippen LogP contribution < -0.4 is 9.57 Å². The summed E-state index contributed by atoms with van der Waals surface area (Å²) in [7, 11) is -3.71. The van der Waals surface area contributed by atoms with Gasteiger partial charge in [0, 0.05) is 5.02 Å². The van der Waals surface area contributed by atoms with Gasteiger partial charge >= 0.3 is 0 Å². The minimum absolute atomic E-state index is 0.0900. The van der Waals surface area contributed by atoms with Crippen molar-refractivity contribution in [1.82, 2.24) is 4.83 Å². The van der Waals surface area contributed by atoms with Gasteiger partial charge in [0.05, 0.1) is 11.1 Å². The van der Waals surface area contributed by atoms with E-state index >= 15 is 0 Å². The predicted molar refractivity (Wildman–Crippen MR) is 91.5 cm³/mol. The molecule has 0 aliphatic heterocycles. The minimum Gasteiger partial charge on any atom is -0.490 e. The standard InChI is InChI=1S/C16H15ClN2O3S/c1-2-11-22-15-7-3-13(4-8-15)12-18-19-23(20,21)16-9-5-14(17)6-10-16/h2-10,12,19H,1,11H2. The molecule has 0 bridgehead atoms. The van der Waals surface area contributed by atoms with Crippen LogP contribution in [-0.4, -0.2) is 21.2 Å². The molecule has 0 aromatic heterocycles. The van der Waals surface area contributed by atoms with E-state index in [2.05, 4.69) is 16.5 Å². The molecule has 2 aromatic carbocycles. The third-order valence-corrected chi connectivity index (χ3v) is 4.25. The number of rotatable bonds is 7. The van der Waals surface area contributed by atoms with E-state index < -0.39 is 10.0 Å². The molecule has 0 saturated carbocycles. The number of nitrogens with one attached hydrogen (secondary N) is 1. The molecule has 1 N–H and O–H groups in total. The summed E-state index contributed by atoms with van der Waals surface area (Å²) in [6, 6.07) is 12.9. The first-order valence-corrected chi connectivity index (χ1v) is 8.51. The van der Waals surface area contributed by atoms with Crippen molar-refractivity contribution in [2.24, 2.45) is 5.10 Å². The predicted octanol–water partition coefficient (Wildman–Crippen LogP) is 3.22. The van der Waals surface area contributed by atoms with E-state index in [0.29, 0.717) is 17.4 Å².